The van der Waals surface area contributed by atoms with Gasteiger partial charge in [0.25, 0.3) is 0 Å². The second-order valence-corrected chi connectivity index (χ2v) is 4.19. The van der Waals surface area contributed by atoms with Gasteiger partial charge < -0.3 is 5.32 Å². The molecule has 1 fully saturated rings. The molecule has 0 aliphatic carbocycles. The summed E-state index contributed by atoms with van der Waals surface area (Å²) < 4.78 is 0. The largest absolute Gasteiger partial charge is 0.315 e. The number of benzene rings is 1. The minimum absolute atomic E-state index is 0.755. The molecule has 0 atom stereocenters. The molecule has 16 heavy (non-hydrogen) atoms. The predicted molar refractivity (Wildman–Crippen MR) is 63.9 cm³/mol. The smallest absolute Gasteiger partial charge is 0.0991 e. The molecule has 0 bridgehead atoms. The highest BCUT2D eigenvalue weighted by Crippen LogP contribution is 2.08. The Bertz CT molecular complexity index is 373. The minimum atomic E-state index is 0.755. The summed E-state index contributed by atoms with van der Waals surface area (Å²) in [4.78, 5) is 2.44. The quantitative estimate of drug-likeness (QED) is 0.809. The van der Waals surface area contributed by atoms with E-state index in [1.54, 1.807) is 0 Å². The van der Waals surface area contributed by atoms with Gasteiger partial charge in [0.15, 0.2) is 0 Å². The lowest BCUT2D eigenvalue weighted by atomic mass is 10.1. The van der Waals surface area contributed by atoms with Crippen molar-refractivity contribution in [1.29, 1.82) is 5.26 Å². The molecular formula is C13H17N3. The maximum atomic E-state index is 8.84. The molecule has 0 unspecified atom stereocenters. The van der Waals surface area contributed by atoms with Crippen molar-refractivity contribution in [3.63, 3.8) is 0 Å². The third-order valence-corrected chi connectivity index (χ3v) is 2.89. The molecular weight excluding hydrogens is 198 g/mol. The van der Waals surface area contributed by atoms with Gasteiger partial charge in [0.1, 0.15) is 0 Å². The zero-order chi connectivity index (χ0) is 11.2. The van der Waals surface area contributed by atoms with Crippen LogP contribution < -0.4 is 5.32 Å². The Balaban J connectivity index is 1.99. The normalized spacial score (nSPS) is 17.7. The lowest BCUT2D eigenvalue weighted by Gasteiger charge is -2.19. The summed E-state index contributed by atoms with van der Waals surface area (Å²) in [5, 5.41) is 12.2. The van der Waals surface area contributed by atoms with Crippen molar-refractivity contribution in [1.82, 2.24) is 10.2 Å². The van der Waals surface area contributed by atoms with E-state index in [0.29, 0.717) is 0 Å². The average molecular weight is 215 g/mol. The van der Waals surface area contributed by atoms with Crippen LogP contribution >= 0.6 is 0 Å². The predicted octanol–water partition coefficient (Wildman–Crippen LogP) is 1.35. The van der Waals surface area contributed by atoms with Gasteiger partial charge in [0.05, 0.1) is 11.6 Å². The van der Waals surface area contributed by atoms with Gasteiger partial charge in [0.2, 0.25) is 0 Å². The van der Waals surface area contributed by atoms with Gasteiger partial charge >= 0.3 is 0 Å². The summed E-state index contributed by atoms with van der Waals surface area (Å²) in [6.45, 7) is 5.38. The molecule has 1 saturated heterocycles. The fourth-order valence-electron chi connectivity index (χ4n) is 2.06. The van der Waals surface area contributed by atoms with Crippen molar-refractivity contribution in [2.75, 3.05) is 26.2 Å². The molecule has 0 radical (unpaired) electrons. The first kappa shape index (κ1) is 11.1. The van der Waals surface area contributed by atoms with E-state index < -0.39 is 0 Å². The second-order valence-electron chi connectivity index (χ2n) is 4.19. The molecule has 1 aromatic rings. The van der Waals surface area contributed by atoms with Crippen LogP contribution in [0.15, 0.2) is 24.3 Å². The summed E-state index contributed by atoms with van der Waals surface area (Å²) >= 11 is 0. The number of hydrogen-bond donors (Lipinski definition) is 1. The number of hydrogen-bond acceptors (Lipinski definition) is 3. The maximum Gasteiger partial charge on any atom is 0.0991 e. The Labute approximate surface area is 96.7 Å². The second kappa shape index (κ2) is 5.64. The molecule has 1 aromatic carbocycles. The third kappa shape index (κ3) is 3.06. The lowest BCUT2D eigenvalue weighted by molar-refractivity contribution is 0.284. The van der Waals surface area contributed by atoms with Gasteiger partial charge in [-0.15, -0.1) is 0 Å². The topological polar surface area (TPSA) is 39.1 Å². The zero-order valence-corrected chi connectivity index (χ0v) is 9.45. The highest BCUT2D eigenvalue weighted by Gasteiger charge is 2.08. The minimum Gasteiger partial charge on any atom is -0.315 e. The van der Waals surface area contributed by atoms with Crippen molar-refractivity contribution < 1.29 is 0 Å². The SMILES string of the molecule is N#Cc1cccc(CN2CCCNCC2)c1. The highest BCUT2D eigenvalue weighted by molar-refractivity contribution is 5.32. The van der Waals surface area contributed by atoms with Crippen LogP contribution in [0.3, 0.4) is 0 Å². The molecule has 2 rings (SSSR count). The lowest BCUT2D eigenvalue weighted by Crippen LogP contribution is -2.27. The monoisotopic (exact) mass is 215 g/mol. The Morgan fingerprint density at radius 1 is 1.31 bits per heavy atom. The van der Waals surface area contributed by atoms with Crippen molar-refractivity contribution in [2.45, 2.75) is 13.0 Å². The first-order chi connectivity index (χ1) is 7.88. The fourth-order valence-corrected chi connectivity index (χ4v) is 2.06. The van der Waals surface area contributed by atoms with E-state index in [-0.39, 0.29) is 0 Å². The maximum absolute atomic E-state index is 8.84. The molecule has 1 aliphatic heterocycles. The van der Waals surface area contributed by atoms with Crippen molar-refractivity contribution in [3.8, 4) is 6.07 Å². The van der Waals surface area contributed by atoms with Crippen LogP contribution in [0.5, 0.6) is 0 Å². The molecule has 0 aromatic heterocycles. The van der Waals surface area contributed by atoms with E-state index in [1.807, 2.05) is 18.2 Å². The van der Waals surface area contributed by atoms with Crippen molar-refractivity contribution in [2.24, 2.45) is 0 Å². The third-order valence-electron chi connectivity index (χ3n) is 2.89. The number of nitrogens with one attached hydrogen (secondary N) is 1. The average Bonchev–Trinajstić information content (AvgIpc) is 2.58. The number of rotatable bonds is 2. The van der Waals surface area contributed by atoms with Crippen LogP contribution in [0, 0.1) is 11.3 Å². The van der Waals surface area contributed by atoms with Crippen LogP contribution in [-0.2, 0) is 6.54 Å². The summed E-state index contributed by atoms with van der Waals surface area (Å²) in [6, 6.07) is 10.1. The summed E-state index contributed by atoms with van der Waals surface area (Å²) in [7, 11) is 0. The Hall–Kier alpha value is -1.37. The van der Waals surface area contributed by atoms with Gasteiger partial charge in [-0.05, 0) is 37.2 Å². The first-order valence-corrected chi connectivity index (χ1v) is 5.80. The highest BCUT2D eigenvalue weighted by atomic mass is 15.1. The van der Waals surface area contributed by atoms with Crippen LogP contribution in [0.1, 0.15) is 17.5 Å². The molecule has 0 amide bonds. The van der Waals surface area contributed by atoms with E-state index >= 15 is 0 Å². The standard InChI is InChI=1S/C13H17N3/c14-10-12-3-1-4-13(9-12)11-16-7-2-5-15-6-8-16/h1,3-4,9,15H,2,5-8,11H2. The molecule has 1 N–H and O–H groups in total. The fraction of sp³-hybridized carbons (Fsp3) is 0.462. The zero-order valence-electron chi connectivity index (χ0n) is 9.45. The van der Waals surface area contributed by atoms with Crippen molar-refractivity contribution >= 4 is 0 Å². The molecule has 1 heterocycles. The molecule has 0 saturated carbocycles. The Morgan fingerprint density at radius 3 is 3.12 bits per heavy atom. The van der Waals surface area contributed by atoms with E-state index in [1.165, 1.54) is 12.0 Å². The summed E-state index contributed by atoms with van der Waals surface area (Å²) in [5.74, 6) is 0. The van der Waals surface area contributed by atoms with Crippen molar-refractivity contribution in [3.05, 3.63) is 35.4 Å². The number of nitrogens with zero attached hydrogens (tertiary/aromatic N) is 2. The number of nitriles is 1. The van der Waals surface area contributed by atoms with Gasteiger partial charge in [0, 0.05) is 19.6 Å². The van der Waals surface area contributed by atoms with Crippen LogP contribution in [0.4, 0.5) is 0 Å². The molecule has 1 aliphatic rings. The van der Waals surface area contributed by atoms with Gasteiger partial charge in [-0.3, -0.25) is 4.90 Å². The Kier molecular flexibility index (Phi) is 3.92. The summed E-state index contributed by atoms with van der Waals surface area (Å²) in [5.41, 5.74) is 1.99. The van der Waals surface area contributed by atoms with E-state index in [2.05, 4.69) is 22.4 Å². The molecule has 84 valence electrons. The van der Waals surface area contributed by atoms with Gasteiger partial charge in [-0.25, -0.2) is 0 Å². The molecule has 0 spiro atoms. The van der Waals surface area contributed by atoms with Crippen LogP contribution in [-0.4, -0.2) is 31.1 Å². The first-order valence-electron chi connectivity index (χ1n) is 5.80. The van der Waals surface area contributed by atoms with Gasteiger partial charge in [-0.2, -0.15) is 5.26 Å². The summed E-state index contributed by atoms with van der Waals surface area (Å²) in [6.07, 6.45) is 1.21. The van der Waals surface area contributed by atoms with E-state index in [0.717, 1.165) is 38.3 Å². The molecule has 3 heteroatoms. The van der Waals surface area contributed by atoms with Crippen LogP contribution in [0.2, 0.25) is 0 Å². The van der Waals surface area contributed by atoms with Gasteiger partial charge in [-0.1, -0.05) is 12.1 Å². The van der Waals surface area contributed by atoms with E-state index in [4.69, 9.17) is 5.26 Å². The molecule has 3 nitrogen and oxygen atoms in total. The van der Waals surface area contributed by atoms with Crippen LogP contribution in [0.25, 0.3) is 0 Å². The Morgan fingerprint density at radius 2 is 2.25 bits per heavy atom. The van der Waals surface area contributed by atoms with E-state index in [9.17, 15) is 0 Å².